The summed E-state index contributed by atoms with van der Waals surface area (Å²) in [5.74, 6) is 0.0542. The zero-order chi connectivity index (χ0) is 21.1. The van der Waals surface area contributed by atoms with Crippen LogP contribution in [0.15, 0.2) is 65.8 Å². The monoisotopic (exact) mass is 457 g/mol. The smallest absolute Gasteiger partial charge is 0.254 e. The number of piperazine rings is 1. The molecule has 0 aliphatic carbocycles. The van der Waals surface area contributed by atoms with Crippen LogP contribution in [0.25, 0.3) is 11.1 Å². The van der Waals surface area contributed by atoms with Crippen molar-refractivity contribution in [3.63, 3.8) is 0 Å². The van der Waals surface area contributed by atoms with E-state index in [1.165, 1.54) is 0 Å². The molecule has 1 aromatic heterocycles. The first-order valence-corrected chi connectivity index (χ1v) is 11.6. The van der Waals surface area contributed by atoms with Crippen molar-refractivity contribution in [2.45, 2.75) is 4.90 Å². The molecule has 0 N–H and O–H groups in total. The minimum absolute atomic E-state index is 0.0542. The first kappa shape index (κ1) is 21.0. The second-order valence-electron chi connectivity index (χ2n) is 7.03. The van der Waals surface area contributed by atoms with Crippen molar-refractivity contribution in [2.75, 3.05) is 37.3 Å². The second kappa shape index (κ2) is 9.29. The van der Waals surface area contributed by atoms with Crippen molar-refractivity contribution in [3.05, 3.63) is 76.5 Å². The maximum Gasteiger partial charge on any atom is 0.254 e. The number of benzene rings is 2. The number of carbonyl (C=O) groups excluding carboxylic acids is 1. The highest BCUT2D eigenvalue weighted by atomic mass is 35.5. The molecule has 0 radical (unpaired) electrons. The molecule has 0 unspecified atom stereocenters. The molecule has 4 rings (SSSR count). The Balaban J connectivity index is 1.55. The molecule has 30 heavy (non-hydrogen) atoms. The number of rotatable bonds is 4. The van der Waals surface area contributed by atoms with Gasteiger partial charge in [0.05, 0.1) is 10.0 Å². The van der Waals surface area contributed by atoms with Crippen molar-refractivity contribution in [1.29, 1.82) is 0 Å². The highest BCUT2D eigenvalue weighted by Gasteiger charge is 2.25. The fourth-order valence-corrected chi connectivity index (χ4v) is 4.35. The van der Waals surface area contributed by atoms with Gasteiger partial charge in [0, 0.05) is 60.3 Å². The summed E-state index contributed by atoms with van der Waals surface area (Å²) in [4.78, 5) is 22.9. The predicted octanol–water partition coefficient (Wildman–Crippen LogP) is 5.74. The highest BCUT2D eigenvalue weighted by molar-refractivity contribution is 7.98. The summed E-state index contributed by atoms with van der Waals surface area (Å²) in [5.41, 5.74) is 3.61. The summed E-state index contributed by atoms with van der Waals surface area (Å²) < 4.78 is 0. The lowest BCUT2D eigenvalue weighted by Crippen LogP contribution is -2.48. The number of hydrogen-bond acceptors (Lipinski definition) is 4. The van der Waals surface area contributed by atoms with Gasteiger partial charge in [0.25, 0.3) is 5.91 Å². The quantitative estimate of drug-likeness (QED) is 0.468. The number of anilines is 1. The molecule has 1 saturated heterocycles. The summed E-state index contributed by atoms with van der Waals surface area (Å²) in [6.07, 6.45) is 5.56. The number of amides is 1. The SMILES string of the molecule is CSc1ccc(-c2cccnc2)c(C(=O)N2CCN(c3ccc(Cl)c(Cl)c3)CC2)c1. The molecule has 0 bridgehead atoms. The lowest BCUT2D eigenvalue weighted by molar-refractivity contribution is 0.0747. The van der Waals surface area contributed by atoms with Crippen LogP contribution < -0.4 is 4.90 Å². The molecule has 2 aromatic carbocycles. The first-order chi connectivity index (χ1) is 14.6. The van der Waals surface area contributed by atoms with Gasteiger partial charge < -0.3 is 9.80 Å². The summed E-state index contributed by atoms with van der Waals surface area (Å²) in [7, 11) is 0. The van der Waals surface area contributed by atoms with Crippen molar-refractivity contribution < 1.29 is 4.79 Å². The van der Waals surface area contributed by atoms with E-state index in [-0.39, 0.29) is 5.91 Å². The standard InChI is InChI=1S/C23H21Cl2N3OS/c1-30-18-5-6-19(16-3-2-8-26-15-16)20(14-18)23(29)28-11-9-27(10-12-28)17-4-7-21(24)22(25)13-17/h2-8,13-15H,9-12H2,1H3. The van der Waals surface area contributed by atoms with E-state index in [9.17, 15) is 4.79 Å². The van der Waals surface area contributed by atoms with Crippen LogP contribution in [0.4, 0.5) is 5.69 Å². The van der Waals surface area contributed by atoms with Gasteiger partial charge in [0.2, 0.25) is 0 Å². The van der Waals surface area contributed by atoms with Gasteiger partial charge in [-0.1, -0.05) is 35.3 Å². The molecule has 1 amide bonds. The number of halogens is 2. The molecular formula is C23H21Cl2N3OS. The number of hydrogen-bond donors (Lipinski definition) is 0. The third-order valence-corrected chi connectivity index (χ3v) is 6.73. The van der Waals surface area contributed by atoms with Crippen molar-refractivity contribution >= 4 is 46.6 Å². The Bertz CT molecular complexity index is 1050. The number of thioether (sulfide) groups is 1. The van der Waals surface area contributed by atoms with E-state index in [0.29, 0.717) is 23.1 Å². The van der Waals surface area contributed by atoms with Crippen LogP contribution in [0, 0.1) is 0 Å². The molecule has 154 valence electrons. The van der Waals surface area contributed by atoms with Crippen LogP contribution in [0.2, 0.25) is 10.0 Å². The molecule has 1 fully saturated rings. The van der Waals surface area contributed by atoms with E-state index in [4.69, 9.17) is 23.2 Å². The van der Waals surface area contributed by atoms with E-state index >= 15 is 0 Å². The van der Waals surface area contributed by atoms with Gasteiger partial charge in [-0.25, -0.2) is 0 Å². The zero-order valence-corrected chi connectivity index (χ0v) is 18.8. The normalized spacial score (nSPS) is 14.1. The zero-order valence-electron chi connectivity index (χ0n) is 16.5. The topological polar surface area (TPSA) is 36.4 Å². The molecule has 1 aliphatic rings. The Morgan fingerprint density at radius 3 is 2.47 bits per heavy atom. The van der Waals surface area contributed by atoms with Crippen molar-refractivity contribution in [1.82, 2.24) is 9.88 Å². The van der Waals surface area contributed by atoms with Crippen LogP contribution in [-0.2, 0) is 0 Å². The van der Waals surface area contributed by atoms with Gasteiger partial charge >= 0.3 is 0 Å². The number of nitrogens with zero attached hydrogens (tertiary/aromatic N) is 3. The lowest BCUT2D eigenvalue weighted by atomic mass is 10.00. The van der Waals surface area contributed by atoms with E-state index in [1.807, 2.05) is 59.7 Å². The Labute approximate surface area is 190 Å². The fraction of sp³-hybridized carbons (Fsp3) is 0.217. The Morgan fingerprint density at radius 2 is 1.80 bits per heavy atom. The minimum atomic E-state index is 0.0542. The number of carbonyl (C=O) groups is 1. The fourth-order valence-electron chi connectivity index (χ4n) is 3.62. The molecule has 4 nitrogen and oxygen atoms in total. The first-order valence-electron chi connectivity index (χ1n) is 9.64. The van der Waals surface area contributed by atoms with Crippen LogP contribution >= 0.6 is 35.0 Å². The molecular weight excluding hydrogens is 437 g/mol. The van der Waals surface area contributed by atoms with Gasteiger partial charge in [0.1, 0.15) is 0 Å². The van der Waals surface area contributed by atoms with E-state index in [2.05, 4.69) is 9.88 Å². The van der Waals surface area contributed by atoms with Crippen molar-refractivity contribution in [3.8, 4) is 11.1 Å². The van der Waals surface area contributed by atoms with Crippen LogP contribution in [-0.4, -0.2) is 48.2 Å². The lowest BCUT2D eigenvalue weighted by Gasteiger charge is -2.36. The molecule has 0 atom stereocenters. The largest absolute Gasteiger partial charge is 0.368 e. The van der Waals surface area contributed by atoms with Crippen LogP contribution in [0.1, 0.15) is 10.4 Å². The van der Waals surface area contributed by atoms with Crippen molar-refractivity contribution in [2.24, 2.45) is 0 Å². The molecule has 7 heteroatoms. The van der Waals surface area contributed by atoms with E-state index < -0.39 is 0 Å². The summed E-state index contributed by atoms with van der Waals surface area (Å²) in [6.45, 7) is 2.78. The average molecular weight is 458 g/mol. The summed E-state index contributed by atoms with van der Waals surface area (Å²) >= 11 is 13.8. The third kappa shape index (κ3) is 4.43. The third-order valence-electron chi connectivity index (χ3n) is 5.26. The van der Waals surface area contributed by atoms with Gasteiger partial charge in [-0.15, -0.1) is 11.8 Å². The molecule has 3 aromatic rings. The Hall–Kier alpha value is -2.21. The van der Waals surface area contributed by atoms with E-state index in [0.717, 1.165) is 40.4 Å². The van der Waals surface area contributed by atoms with Gasteiger partial charge in [-0.3, -0.25) is 9.78 Å². The average Bonchev–Trinajstić information content (AvgIpc) is 2.80. The molecule has 0 saturated carbocycles. The van der Waals surface area contributed by atoms with E-state index in [1.54, 1.807) is 24.2 Å². The van der Waals surface area contributed by atoms with Gasteiger partial charge in [-0.05, 0) is 48.2 Å². The Kier molecular flexibility index (Phi) is 6.52. The highest BCUT2D eigenvalue weighted by Crippen LogP contribution is 2.30. The van der Waals surface area contributed by atoms with Gasteiger partial charge in [0.15, 0.2) is 0 Å². The minimum Gasteiger partial charge on any atom is -0.368 e. The maximum absolute atomic E-state index is 13.4. The predicted molar refractivity (Wildman–Crippen MR) is 126 cm³/mol. The Morgan fingerprint density at radius 1 is 1.00 bits per heavy atom. The molecule has 1 aliphatic heterocycles. The van der Waals surface area contributed by atoms with Crippen LogP contribution in [0.5, 0.6) is 0 Å². The molecule has 2 heterocycles. The second-order valence-corrected chi connectivity index (χ2v) is 8.72. The van der Waals surface area contributed by atoms with Gasteiger partial charge in [-0.2, -0.15) is 0 Å². The van der Waals surface area contributed by atoms with Crippen LogP contribution in [0.3, 0.4) is 0 Å². The number of pyridine rings is 1. The molecule has 0 spiro atoms. The summed E-state index contributed by atoms with van der Waals surface area (Å²) in [5, 5.41) is 1.09. The maximum atomic E-state index is 13.4. The number of aromatic nitrogens is 1. The summed E-state index contributed by atoms with van der Waals surface area (Å²) in [6, 6.07) is 15.6.